The number of aromatic nitrogens is 2. The molecule has 7 nitrogen and oxygen atoms in total. The van der Waals surface area contributed by atoms with E-state index in [1.165, 1.54) is 7.11 Å². The maximum absolute atomic E-state index is 12.6. The summed E-state index contributed by atoms with van der Waals surface area (Å²) in [4.78, 5) is 26.6. The normalized spacial score (nSPS) is 21.7. The molecule has 0 radical (unpaired) electrons. The number of carbonyl (C=O) groups is 1. The van der Waals surface area contributed by atoms with E-state index in [0.717, 1.165) is 18.7 Å². The number of ether oxygens (including phenoxy) is 1. The zero-order valence-corrected chi connectivity index (χ0v) is 14.2. The number of fused-ring (bicyclic) bond motifs is 4. The van der Waals surface area contributed by atoms with Crippen LogP contribution in [0.3, 0.4) is 0 Å². The zero-order chi connectivity index (χ0) is 17.4. The summed E-state index contributed by atoms with van der Waals surface area (Å²) in [7, 11) is 1.53. The van der Waals surface area contributed by atoms with E-state index in [1.807, 2.05) is 21.6 Å². The Hall–Kier alpha value is -2.57. The van der Waals surface area contributed by atoms with E-state index in [2.05, 4.69) is 5.16 Å². The summed E-state index contributed by atoms with van der Waals surface area (Å²) in [6.45, 7) is 2.10. The van der Waals surface area contributed by atoms with Crippen molar-refractivity contribution < 1.29 is 14.1 Å². The van der Waals surface area contributed by atoms with Crippen LogP contribution in [0.2, 0.25) is 0 Å². The number of hydrogen-bond acceptors (Lipinski definition) is 5. The van der Waals surface area contributed by atoms with Crippen molar-refractivity contribution in [1.29, 1.82) is 0 Å². The Kier molecular flexibility index (Phi) is 4.07. The fourth-order valence-electron chi connectivity index (χ4n) is 4.00. The number of amides is 1. The standard InChI is InChI=1S/C18H21N3O4/c1-24-16-8-14(25-19-16)5-6-17(22)20-9-12-7-13(11-20)15-3-2-4-18(23)21(15)10-12/h2-4,8,12-13H,5-7,9-11H2,1H3/t12-,13-/m1/s1. The van der Waals surface area contributed by atoms with E-state index in [4.69, 9.17) is 9.26 Å². The second-order valence-corrected chi connectivity index (χ2v) is 6.83. The van der Waals surface area contributed by atoms with Crippen LogP contribution in [0, 0.1) is 5.92 Å². The number of carbonyl (C=O) groups excluding carboxylic acids is 1. The molecule has 1 saturated heterocycles. The van der Waals surface area contributed by atoms with Gasteiger partial charge in [-0.05, 0) is 23.6 Å². The summed E-state index contributed by atoms with van der Waals surface area (Å²) >= 11 is 0. The van der Waals surface area contributed by atoms with Crippen molar-refractivity contribution in [2.45, 2.75) is 31.7 Å². The minimum absolute atomic E-state index is 0.0613. The first kappa shape index (κ1) is 15.9. The van der Waals surface area contributed by atoms with E-state index in [-0.39, 0.29) is 17.4 Å². The third-order valence-corrected chi connectivity index (χ3v) is 5.16. The molecule has 2 aliphatic rings. The molecule has 4 rings (SSSR count). The smallest absolute Gasteiger partial charge is 0.254 e. The first-order valence-corrected chi connectivity index (χ1v) is 8.61. The highest BCUT2D eigenvalue weighted by Gasteiger charge is 2.36. The van der Waals surface area contributed by atoms with Crippen LogP contribution in [0.5, 0.6) is 5.88 Å². The van der Waals surface area contributed by atoms with Crippen molar-refractivity contribution in [1.82, 2.24) is 14.6 Å². The molecular formula is C18H21N3O4. The summed E-state index contributed by atoms with van der Waals surface area (Å²) < 4.78 is 12.0. The number of likely N-dealkylation sites (tertiary alicyclic amines) is 1. The number of nitrogens with zero attached hydrogens (tertiary/aromatic N) is 3. The van der Waals surface area contributed by atoms with Gasteiger partial charge >= 0.3 is 0 Å². The third kappa shape index (κ3) is 3.06. The number of pyridine rings is 1. The van der Waals surface area contributed by atoms with Gasteiger partial charge in [0.25, 0.3) is 11.4 Å². The van der Waals surface area contributed by atoms with E-state index in [9.17, 15) is 9.59 Å². The van der Waals surface area contributed by atoms with E-state index in [0.29, 0.717) is 43.5 Å². The Bertz CT molecular complexity index is 841. The van der Waals surface area contributed by atoms with Gasteiger partial charge in [-0.1, -0.05) is 6.07 Å². The molecule has 7 heteroatoms. The number of hydrogen-bond donors (Lipinski definition) is 0. The van der Waals surface area contributed by atoms with Gasteiger partial charge in [0.2, 0.25) is 5.91 Å². The highest BCUT2D eigenvalue weighted by atomic mass is 16.5. The molecule has 1 fully saturated rings. The number of rotatable bonds is 4. The van der Waals surface area contributed by atoms with Gasteiger partial charge < -0.3 is 18.7 Å². The largest absolute Gasteiger partial charge is 0.479 e. The van der Waals surface area contributed by atoms with Gasteiger partial charge in [-0.15, -0.1) is 0 Å². The van der Waals surface area contributed by atoms with Crippen LogP contribution in [-0.4, -0.2) is 40.7 Å². The lowest BCUT2D eigenvalue weighted by atomic mass is 9.83. The van der Waals surface area contributed by atoms with Gasteiger partial charge in [-0.2, -0.15) is 0 Å². The van der Waals surface area contributed by atoms with Gasteiger partial charge in [-0.25, -0.2) is 0 Å². The molecule has 0 unspecified atom stereocenters. The molecule has 0 aliphatic carbocycles. The molecule has 0 saturated carbocycles. The van der Waals surface area contributed by atoms with Crippen molar-refractivity contribution in [3.8, 4) is 5.88 Å². The average molecular weight is 343 g/mol. The van der Waals surface area contributed by atoms with Crippen LogP contribution in [0.4, 0.5) is 0 Å². The topological polar surface area (TPSA) is 77.6 Å². The van der Waals surface area contributed by atoms with E-state index < -0.39 is 0 Å². The monoisotopic (exact) mass is 343 g/mol. The average Bonchev–Trinajstić information content (AvgIpc) is 3.08. The number of methoxy groups -OCH3 is 1. The Morgan fingerprint density at radius 2 is 2.24 bits per heavy atom. The molecular weight excluding hydrogens is 322 g/mol. The zero-order valence-electron chi connectivity index (χ0n) is 14.2. The highest BCUT2D eigenvalue weighted by molar-refractivity contribution is 5.76. The fourth-order valence-corrected chi connectivity index (χ4v) is 4.00. The summed E-state index contributed by atoms with van der Waals surface area (Å²) in [5.41, 5.74) is 1.12. The van der Waals surface area contributed by atoms with Gasteiger partial charge in [0.05, 0.1) is 7.11 Å². The second-order valence-electron chi connectivity index (χ2n) is 6.83. The quantitative estimate of drug-likeness (QED) is 0.839. The van der Waals surface area contributed by atoms with Gasteiger partial charge in [0, 0.05) is 56.2 Å². The number of piperidine rings is 1. The molecule has 0 N–H and O–H groups in total. The molecule has 2 aromatic heterocycles. The van der Waals surface area contributed by atoms with Crippen LogP contribution in [0.25, 0.3) is 0 Å². The molecule has 0 aromatic carbocycles. The Morgan fingerprint density at radius 3 is 3.04 bits per heavy atom. The van der Waals surface area contributed by atoms with Crippen molar-refractivity contribution in [2.24, 2.45) is 5.92 Å². The molecule has 2 atom stereocenters. The lowest BCUT2D eigenvalue weighted by Crippen LogP contribution is -2.49. The van der Waals surface area contributed by atoms with Crippen molar-refractivity contribution in [3.05, 3.63) is 46.1 Å². The Morgan fingerprint density at radius 1 is 1.36 bits per heavy atom. The van der Waals surface area contributed by atoms with Crippen molar-refractivity contribution in [3.63, 3.8) is 0 Å². The molecule has 4 heterocycles. The first-order chi connectivity index (χ1) is 12.1. The minimum Gasteiger partial charge on any atom is -0.479 e. The summed E-state index contributed by atoms with van der Waals surface area (Å²) in [5, 5.41) is 3.75. The molecule has 2 bridgehead atoms. The van der Waals surface area contributed by atoms with Crippen molar-refractivity contribution in [2.75, 3.05) is 20.2 Å². The molecule has 0 spiro atoms. The van der Waals surface area contributed by atoms with E-state index in [1.54, 1.807) is 12.1 Å². The van der Waals surface area contributed by atoms with Crippen LogP contribution in [-0.2, 0) is 17.8 Å². The summed E-state index contributed by atoms with van der Waals surface area (Å²) in [5.74, 6) is 1.80. The maximum Gasteiger partial charge on any atom is 0.254 e. The first-order valence-electron chi connectivity index (χ1n) is 8.61. The lowest BCUT2D eigenvalue weighted by Gasteiger charge is -2.42. The molecule has 132 valence electrons. The second kappa shape index (κ2) is 6.38. The van der Waals surface area contributed by atoms with Gasteiger partial charge in [0.1, 0.15) is 5.76 Å². The van der Waals surface area contributed by atoms with Crippen LogP contribution < -0.4 is 10.3 Å². The molecule has 2 aromatic rings. The van der Waals surface area contributed by atoms with Crippen LogP contribution in [0.15, 0.2) is 33.6 Å². The number of aryl methyl sites for hydroxylation is 1. The summed E-state index contributed by atoms with van der Waals surface area (Å²) in [6, 6.07) is 7.14. The fraction of sp³-hybridized carbons (Fsp3) is 0.500. The molecule has 2 aliphatic heterocycles. The molecule has 25 heavy (non-hydrogen) atoms. The highest BCUT2D eigenvalue weighted by Crippen LogP contribution is 2.35. The summed E-state index contributed by atoms with van der Waals surface area (Å²) in [6.07, 6.45) is 1.95. The Balaban J connectivity index is 1.43. The van der Waals surface area contributed by atoms with Gasteiger partial charge in [0.15, 0.2) is 0 Å². The minimum atomic E-state index is 0.0613. The third-order valence-electron chi connectivity index (χ3n) is 5.16. The van der Waals surface area contributed by atoms with Crippen molar-refractivity contribution >= 4 is 5.91 Å². The van der Waals surface area contributed by atoms with Crippen LogP contribution >= 0.6 is 0 Å². The maximum atomic E-state index is 12.6. The van der Waals surface area contributed by atoms with Crippen LogP contribution in [0.1, 0.15) is 30.2 Å². The Labute approximate surface area is 145 Å². The predicted octanol–water partition coefficient (Wildman–Crippen LogP) is 1.42. The van der Waals surface area contributed by atoms with Gasteiger partial charge in [-0.3, -0.25) is 9.59 Å². The molecule has 1 amide bonds. The van der Waals surface area contributed by atoms with E-state index >= 15 is 0 Å². The SMILES string of the molecule is COc1cc(CCC(=O)N2C[C@H]3C[C@H](C2)c2cccc(=O)n2C3)on1. The lowest BCUT2D eigenvalue weighted by molar-refractivity contribution is -0.134. The predicted molar refractivity (Wildman–Crippen MR) is 89.5 cm³/mol.